The van der Waals surface area contributed by atoms with E-state index in [0.717, 1.165) is 6.07 Å². The van der Waals surface area contributed by atoms with Gasteiger partial charge in [-0.15, -0.1) is 0 Å². The van der Waals surface area contributed by atoms with Gasteiger partial charge in [-0.2, -0.15) is 13.2 Å². The van der Waals surface area contributed by atoms with Crippen molar-refractivity contribution in [3.05, 3.63) is 47.6 Å². The lowest BCUT2D eigenvalue weighted by Gasteiger charge is -2.13. The van der Waals surface area contributed by atoms with Crippen LogP contribution in [-0.4, -0.2) is 25.8 Å². The Labute approximate surface area is 152 Å². The van der Waals surface area contributed by atoms with E-state index < -0.39 is 17.8 Å². The maximum absolute atomic E-state index is 13.2. The minimum Gasteiger partial charge on any atom is -0.366 e. The van der Waals surface area contributed by atoms with Gasteiger partial charge in [-0.1, -0.05) is 13.8 Å². The van der Waals surface area contributed by atoms with Crippen LogP contribution in [0, 0.1) is 0 Å². The second-order valence-corrected chi connectivity index (χ2v) is 6.25. The van der Waals surface area contributed by atoms with E-state index in [1.807, 2.05) is 0 Å². The summed E-state index contributed by atoms with van der Waals surface area (Å²) < 4.78 is 39.6. The van der Waals surface area contributed by atoms with Crippen molar-refractivity contribution in [2.24, 2.45) is 5.73 Å². The van der Waals surface area contributed by atoms with Gasteiger partial charge in [0.25, 0.3) is 0 Å². The van der Waals surface area contributed by atoms with Crippen molar-refractivity contribution in [3.63, 3.8) is 0 Å². The maximum atomic E-state index is 13.2. The number of H-pyrrole nitrogens is 1. The van der Waals surface area contributed by atoms with E-state index in [9.17, 15) is 18.0 Å². The zero-order valence-corrected chi connectivity index (χ0v) is 14.5. The molecule has 140 valence electrons. The topological polar surface area (TPSA) is 97.6 Å². The Hall–Kier alpha value is -3.23. The number of rotatable bonds is 4. The smallest absolute Gasteiger partial charge is 0.366 e. The molecule has 3 rings (SSSR count). The number of amides is 1. The highest BCUT2D eigenvalue weighted by atomic mass is 19.4. The SMILES string of the molecule is CC(C)c1cc(-c2cnc3[nH]cc(C=CC(N)=O)c3n2)cc(C(F)(F)F)n1. The number of halogens is 3. The highest BCUT2D eigenvalue weighted by molar-refractivity contribution is 5.93. The van der Waals surface area contributed by atoms with Crippen LogP contribution in [0.3, 0.4) is 0 Å². The lowest BCUT2D eigenvalue weighted by molar-refractivity contribution is -0.141. The number of pyridine rings is 1. The summed E-state index contributed by atoms with van der Waals surface area (Å²) in [6, 6.07) is 2.52. The zero-order chi connectivity index (χ0) is 19.8. The predicted octanol–water partition coefficient (Wildman–Crippen LogP) is 3.66. The number of hydrogen-bond acceptors (Lipinski definition) is 4. The summed E-state index contributed by atoms with van der Waals surface area (Å²) in [4.78, 5) is 26.1. The molecule has 9 heteroatoms. The molecular formula is C18H16F3N5O. The number of hydrogen-bond donors (Lipinski definition) is 2. The van der Waals surface area contributed by atoms with Gasteiger partial charge >= 0.3 is 6.18 Å². The van der Waals surface area contributed by atoms with E-state index >= 15 is 0 Å². The fourth-order valence-electron chi connectivity index (χ4n) is 2.49. The maximum Gasteiger partial charge on any atom is 0.433 e. The Morgan fingerprint density at radius 3 is 2.63 bits per heavy atom. The monoisotopic (exact) mass is 375 g/mol. The third-order valence-electron chi connectivity index (χ3n) is 3.86. The number of carbonyl (C=O) groups is 1. The first-order chi connectivity index (χ1) is 12.6. The van der Waals surface area contributed by atoms with Crippen molar-refractivity contribution >= 4 is 23.1 Å². The Morgan fingerprint density at radius 2 is 2.00 bits per heavy atom. The van der Waals surface area contributed by atoms with Crippen LogP contribution in [0.25, 0.3) is 28.5 Å². The van der Waals surface area contributed by atoms with Crippen molar-refractivity contribution in [2.45, 2.75) is 25.9 Å². The second-order valence-electron chi connectivity index (χ2n) is 6.25. The van der Waals surface area contributed by atoms with E-state index in [2.05, 4.69) is 19.9 Å². The average molecular weight is 375 g/mol. The minimum atomic E-state index is -4.57. The zero-order valence-electron chi connectivity index (χ0n) is 14.5. The molecule has 3 aromatic rings. The quantitative estimate of drug-likeness (QED) is 0.680. The molecule has 0 radical (unpaired) electrons. The van der Waals surface area contributed by atoms with Crippen LogP contribution in [0.15, 0.2) is 30.6 Å². The fourth-order valence-corrected chi connectivity index (χ4v) is 2.49. The Balaban J connectivity index is 2.15. The summed E-state index contributed by atoms with van der Waals surface area (Å²) >= 11 is 0. The predicted molar refractivity (Wildman–Crippen MR) is 94.4 cm³/mol. The van der Waals surface area contributed by atoms with Gasteiger partial charge < -0.3 is 10.7 Å². The largest absolute Gasteiger partial charge is 0.433 e. The molecule has 0 aliphatic carbocycles. The van der Waals surface area contributed by atoms with Crippen LogP contribution in [0.4, 0.5) is 13.2 Å². The number of nitrogens with zero attached hydrogens (tertiary/aromatic N) is 3. The summed E-state index contributed by atoms with van der Waals surface area (Å²) in [6.45, 7) is 3.53. The number of fused-ring (bicyclic) bond motifs is 1. The van der Waals surface area contributed by atoms with Crippen molar-refractivity contribution in [1.29, 1.82) is 0 Å². The molecule has 3 N–H and O–H groups in total. The molecule has 0 aliphatic heterocycles. The van der Waals surface area contributed by atoms with E-state index in [0.29, 0.717) is 22.4 Å². The van der Waals surface area contributed by atoms with E-state index in [1.54, 1.807) is 26.1 Å². The molecule has 0 unspecified atom stereocenters. The van der Waals surface area contributed by atoms with Gasteiger partial charge in [-0.05, 0) is 24.1 Å². The Kier molecular flexibility index (Phi) is 4.69. The van der Waals surface area contributed by atoms with Crippen LogP contribution < -0.4 is 5.73 Å². The highest BCUT2D eigenvalue weighted by Gasteiger charge is 2.33. The number of aromatic nitrogens is 4. The molecule has 3 aromatic heterocycles. The van der Waals surface area contributed by atoms with Crippen LogP contribution in [0.1, 0.15) is 36.7 Å². The molecule has 0 atom stereocenters. The molecule has 0 saturated heterocycles. The van der Waals surface area contributed by atoms with E-state index in [-0.39, 0.29) is 17.2 Å². The summed E-state index contributed by atoms with van der Waals surface area (Å²) in [5.74, 6) is -0.817. The number of carbonyl (C=O) groups excluding carboxylic acids is 1. The summed E-state index contributed by atoms with van der Waals surface area (Å²) in [7, 11) is 0. The molecule has 0 aliphatic rings. The molecule has 0 fully saturated rings. The molecule has 27 heavy (non-hydrogen) atoms. The van der Waals surface area contributed by atoms with Crippen molar-refractivity contribution < 1.29 is 18.0 Å². The lowest BCUT2D eigenvalue weighted by Crippen LogP contribution is -2.10. The number of primary amides is 1. The second kappa shape index (κ2) is 6.82. The molecule has 0 spiro atoms. The summed E-state index contributed by atoms with van der Waals surface area (Å²) in [6.07, 6.45) is 1.04. The number of nitrogens with two attached hydrogens (primary N) is 1. The first kappa shape index (κ1) is 18.6. The van der Waals surface area contributed by atoms with Gasteiger partial charge in [0.2, 0.25) is 5.91 Å². The van der Waals surface area contributed by atoms with Gasteiger partial charge in [-0.3, -0.25) is 4.79 Å². The third-order valence-corrected chi connectivity index (χ3v) is 3.86. The highest BCUT2D eigenvalue weighted by Crippen LogP contribution is 2.32. The number of aromatic amines is 1. The fraction of sp³-hybridized carbons (Fsp3) is 0.222. The Morgan fingerprint density at radius 1 is 1.26 bits per heavy atom. The summed E-state index contributed by atoms with van der Waals surface area (Å²) in [5.41, 5.74) is 6.37. The van der Waals surface area contributed by atoms with Crippen LogP contribution in [0.5, 0.6) is 0 Å². The van der Waals surface area contributed by atoms with E-state index in [1.165, 1.54) is 18.3 Å². The molecule has 3 heterocycles. The van der Waals surface area contributed by atoms with E-state index in [4.69, 9.17) is 5.73 Å². The normalized spacial score (nSPS) is 12.4. The van der Waals surface area contributed by atoms with Gasteiger partial charge in [0, 0.05) is 29.1 Å². The van der Waals surface area contributed by atoms with Crippen molar-refractivity contribution in [3.8, 4) is 11.3 Å². The first-order valence-electron chi connectivity index (χ1n) is 8.06. The third kappa shape index (κ3) is 3.97. The average Bonchev–Trinajstić information content (AvgIpc) is 3.01. The van der Waals surface area contributed by atoms with Crippen LogP contribution in [-0.2, 0) is 11.0 Å². The minimum absolute atomic E-state index is 0.191. The number of nitrogens with one attached hydrogen (secondary N) is 1. The van der Waals surface area contributed by atoms with Gasteiger partial charge in [0.05, 0.1) is 11.9 Å². The molecule has 6 nitrogen and oxygen atoms in total. The Bertz CT molecular complexity index is 1040. The van der Waals surface area contributed by atoms with Crippen molar-refractivity contribution in [2.75, 3.05) is 0 Å². The lowest BCUT2D eigenvalue weighted by atomic mass is 10.0. The van der Waals surface area contributed by atoms with Gasteiger partial charge in [0.1, 0.15) is 11.2 Å². The first-order valence-corrected chi connectivity index (χ1v) is 8.06. The van der Waals surface area contributed by atoms with Crippen molar-refractivity contribution in [1.82, 2.24) is 19.9 Å². The van der Waals surface area contributed by atoms with Crippen LogP contribution >= 0.6 is 0 Å². The molecule has 0 aromatic carbocycles. The molecular weight excluding hydrogens is 359 g/mol. The number of alkyl halides is 3. The molecule has 1 amide bonds. The molecule has 0 bridgehead atoms. The van der Waals surface area contributed by atoms with Crippen LogP contribution in [0.2, 0.25) is 0 Å². The molecule has 0 saturated carbocycles. The summed E-state index contributed by atoms with van der Waals surface area (Å²) in [5, 5.41) is 0. The standard InChI is InChI=1S/C18H16F3N5O/c1-9(2)12-5-11(6-14(25-12)18(19,20)21)13-8-24-17-16(26-13)10(7-23-17)3-4-15(22)27/h3-9H,1-2H3,(H2,22,27)(H,23,24). The van der Waals surface area contributed by atoms with Gasteiger partial charge in [-0.25, -0.2) is 15.0 Å². The van der Waals surface area contributed by atoms with Gasteiger partial charge in [0.15, 0.2) is 5.65 Å².